The number of hydrogen-bond acceptors (Lipinski definition) is 4. The van der Waals surface area contributed by atoms with Gasteiger partial charge >= 0.3 is 5.97 Å². The summed E-state index contributed by atoms with van der Waals surface area (Å²) in [6.45, 7) is 0. The van der Waals surface area contributed by atoms with Crippen molar-refractivity contribution in [3.8, 4) is 0 Å². The maximum atomic E-state index is 13.4. The molecule has 1 fully saturated rings. The number of carboxylic acid groups (broad SMARTS) is 1. The van der Waals surface area contributed by atoms with E-state index in [0.29, 0.717) is 25.2 Å². The predicted molar refractivity (Wildman–Crippen MR) is 112 cm³/mol. The molecule has 1 saturated carbocycles. The second-order valence-corrected chi connectivity index (χ2v) is 7.94. The molecule has 1 heterocycles. The third-order valence-electron chi connectivity index (χ3n) is 5.94. The van der Waals surface area contributed by atoms with Gasteiger partial charge in [-0.05, 0) is 61.3 Å². The summed E-state index contributed by atoms with van der Waals surface area (Å²) in [7, 11) is 0. The minimum Gasteiger partial charge on any atom is -0.479 e. The van der Waals surface area contributed by atoms with E-state index >= 15 is 0 Å². The predicted octanol–water partition coefficient (Wildman–Crippen LogP) is 4.44. The summed E-state index contributed by atoms with van der Waals surface area (Å²) in [5, 5.41) is 9.20. The van der Waals surface area contributed by atoms with Crippen LogP contribution in [0, 0.1) is 11.7 Å². The molecule has 0 saturated heterocycles. The fourth-order valence-electron chi connectivity index (χ4n) is 4.35. The van der Waals surface area contributed by atoms with Crippen molar-refractivity contribution in [2.75, 3.05) is 0 Å². The van der Waals surface area contributed by atoms with E-state index in [0.717, 1.165) is 18.4 Å². The van der Waals surface area contributed by atoms with Gasteiger partial charge in [0, 0.05) is 12.4 Å². The molecule has 1 aliphatic rings. The number of halogens is 1. The van der Waals surface area contributed by atoms with Crippen LogP contribution in [0.25, 0.3) is 0 Å². The lowest BCUT2D eigenvalue weighted by Gasteiger charge is -2.31. The van der Waals surface area contributed by atoms with E-state index in [2.05, 4.69) is 20.5 Å². The van der Waals surface area contributed by atoms with E-state index in [1.807, 2.05) is 24.7 Å². The highest BCUT2D eigenvalue weighted by atomic mass is 19.1. The topological polar surface area (TPSA) is 90.4 Å². The number of allylic oxidation sites excluding steroid dienone is 2. The molecule has 1 aromatic carbocycles. The maximum Gasteiger partial charge on any atom is 0.334 e. The number of rotatable bonds is 10. The standard InChI is InChI=1S/C23H30FN3O3/c24-19-11-9-17(10-12-19)15-21(27-14-13-26-16-27)20(18-5-2-1-3-6-18)7-4-8-22(30-25)23(28)29/h7,9-14,16,18,21-22H,1-6,8,15,25H2,(H,28,29)/b20-7-. The molecule has 30 heavy (non-hydrogen) atoms. The van der Waals surface area contributed by atoms with Gasteiger partial charge in [-0.15, -0.1) is 0 Å². The smallest absolute Gasteiger partial charge is 0.334 e. The van der Waals surface area contributed by atoms with Crippen molar-refractivity contribution in [2.45, 2.75) is 63.5 Å². The van der Waals surface area contributed by atoms with Gasteiger partial charge in [-0.1, -0.05) is 37.5 Å². The molecule has 162 valence electrons. The van der Waals surface area contributed by atoms with Gasteiger partial charge in [0.05, 0.1) is 12.4 Å². The van der Waals surface area contributed by atoms with Gasteiger partial charge in [0.25, 0.3) is 0 Å². The van der Waals surface area contributed by atoms with Crippen LogP contribution in [0.3, 0.4) is 0 Å². The molecule has 3 rings (SSSR count). The minimum atomic E-state index is -1.05. The molecule has 0 radical (unpaired) electrons. The number of nitrogens with zero attached hydrogens (tertiary/aromatic N) is 2. The first-order valence-corrected chi connectivity index (χ1v) is 10.6. The van der Waals surface area contributed by atoms with E-state index in [1.54, 1.807) is 6.20 Å². The normalized spacial score (nSPS) is 17.6. The summed E-state index contributed by atoms with van der Waals surface area (Å²) in [6, 6.07) is 6.66. The number of hydrogen-bond donors (Lipinski definition) is 2. The zero-order valence-electron chi connectivity index (χ0n) is 17.1. The van der Waals surface area contributed by atoms with Crippen molar-refractivity contribution in [3.05, 3.63) is 66.0 Å². The Bertz CT molecular complexity index is 815. The van der Waals surface area contributed by atoms with Crippen LogP contribution in [0.1, 0.15) is 56.6 Å². The quantitative estimate of drug-likeness (QED) is 0.442. The van der Waals surface area contributed by atoms with Crippen LogP contribution in [0.2, 0.25) is 0 Å². The average molecular weight is 416 g/mol. The zero-order chi connectivity index (χ0) is 21.3. The molecule has 7 heteroatoms. The van der Waals surface area contributed by atoms with Crippen LogP contribution in [-0.4, -0.2) is 26.7 Å². The second kappa shape index (κ2) is 11.0. The Hall–Kier alpha value is -2.51. The zero-order valence-corrected chi connectivity index (χ0v) is 17.1. The van der Waals surface area contributed by atoms with Crippen LogP contribution in [0.15, 0.2) is 54.6 Å². The first kappa shape index (κ1) is 22.2. The highest BCUT2D eigenvalue weighted by Crippen LogP contribution is 2.37. The van der Waals surface area contributed by atoms with E-state index < -0.39 is 12.1 Å². The van der Waals surface area contributed by atoms with E-state index in [9.17, 15) is 14.3 Å². The molecule has 2 unspecified atom stereocenters. The number of imidazole rings is 1. The summed E-state index contributed by atoms with van der Waals surface area (Å²) in [5.41, 5.74) is 2.34. The Balaban J connectivity index is 1.88. The van der Waals surface area contributed by atoms with Crippen LogP contribution >= 0.6 is 0 Å². The average Bonchev–Trinajstić information content (AvgIpc) is 3.29. The lowest BCUT2D eigenvalue weighted by Crippen LogP contribution is -2.27. The van der Waals surface area contributed by atoms with Crippen LogP contribution < -0.4 is 5.90 Å². The molecule has 2 aromatic rings. The highest BCUT2D eigenvalue weighted by molar-refractivity contribution is 5.72. The Kier molecular flexibility index (Phi) is 8.16. The van der Waals surface area contributed by atoms with Gasteiger partial charge in [-0.25, -0.2) is 20.1 Å². The Morgan fingerprint density at radius 2 is 2.03 bits per heavy atom. The molecule has 0 bridgehead atoms. The minimum absolute atomic E-state index is 0.0446. The van der Waals surface area contributed by atoms with Crippen LogP contribution in [0.4, 0.5) is 4.39 Å². The van der Waals surface area contributed by atoms with E-state index in [-0.39, 0.29) is 11.9 Å². The van der Waals surface area contributed by atoms with Crippen molar-refractivity contribution in [2.24, 2.45) is 11.8 Å². The molecule has 6 nitrogen and oxygen atoms in total. The SMILES string of the molecule is NOC(CC/C=C(/C1CCCCC1)C(Cc1ccc(F)cc1)n1ccnc1)C(=O)O. The van der Waals surface area contributed by atoms with Gasteiger partial charge in [0.15, 0.2) is 6.10 Å². The summed E-state index contributed by atoms with van der Waals surface area (Å²) in [6.07, 6.45) is 14.2. The summed E-state index contributed by atoms with van der Waals surface area (Å²) in [5.74, 6) is 4.28. The van der Waals surface area contributed by atoms with Crippen molar-refractivity contribution in [3.63, 3.8) is 0 Å². The summed E-state index contributed by atoms with van der Waals surface area (Å²) in [4.78, 5) is 20.1. The monoisotopic (exact) mass is 415 g/mol. The molecule has 1 aliphatic carbocycles. The maximum absolute atomic E-state index is 13.4. The van der Waals surface area contributed by atoms with E-state index in [1.165, 1.54) is 37.0 Å². The largest absolute Gasteiger partial charge is 0.479 e. The van der Waals surface area contributed by atoms with Gasteiger partial charge in [-0.3, -0.25) is 4.84 Å². The third-order valence-corrected chi connectivity index (χ3v) is 5.94. The van der Waals surface area contributed by atoms with E-state index in [4.69, 9.17) is 5.90 Å². The number of aromatic nitrogens is 2. The fraction of sp³-hybridized carbons (Fsp3) is 0.478. The number of carbonyl (C=O) groups is 1. The molecule has 0 aliphatic heterocycles. The number of aliphatic carboxylic acids is 1. The first-order valence-electron chi connectivity index (χ1n) is 10.6. The number of benzene rings is 1. The summed E-state index contributed by atoms with van der Waals surface area (Å²) < 4.78 is 15.5. The molecule has 2 atom stereocenters. The Morgan fingerprint density at radius 3 is 2.63 bits per heavy atom. The molecule has 1 aromatic heterocycles. The molecule has 0 spiro atoms. The first-order chi connectivity index (χ1) is 14.6. The number of nitrogens with two attached hydrogens (primary N) is 1. The highest BCUT2D eigenvalue weighted by Gasteiger charge is 2.26. The Morgan fingerprint density at radius 1 is 1.30 bits per heavy atom. The molecular formula is C23H30FN3O3. The van der Waals surface area contributed by atoms with Gasteiger partial charge < -0.3 is 9.67 Å². The summed E-state index contributed by atoms with van der Waals surface area (Å²) >= 11 is 0. The van der Waals surface area contributed by atoms with Crippen LogP contribution in [0.5, 0.6) is 0 Å². The van der Waals surface area contributed by atoms with Crippen molar-refractivity contribution in [1.82, 2.24) is 9.55 Å². The van der Waals surface area contributed by atoms with Crippen molar-refractivity contribution < 1.29 is 19.1 Å². The van der Waals surface area contributed by atoms with Crippen LogP contribution in [-0.2, 0) is 16.1 Å². The molecule has 3 N–H and O–H groups in total. The molecular weight excluding hydrogens is 385 g/mol. The Labute approximate surface area is 176 Å². The fourth-order valence-corrected chi connectivity index (χ4v) is 4.35. The lowest BCUT2D eigenvalue weighted by atomic mass is 9.79. The second-order valence-electron chi connectivity index (χ2n) is 7.94. The number of carboxylic acids is 1. The third kappa shape index (κ3) is 6.00. The van der Waals surface area contributed by atoms with Crippen molar-refractivity contribution in [1.29, 1.82) is 0 Å². The van der Waals surface area contributed by atoms with Gasteiger partial charge in [0.1, 0.15) is 5.82 Å². The lowest BCUT2D eigenvalue weighted by molar-refractivity contribution is -0.151. The van der Waals surface area contributed by atoms with Gasteiger partial charge in [0.2, 0.25) is 0 Å². The van der Waals surface area contributed by atoms with Crippen molar-refractivity contribution >= 4 is 5.97 Å². The van der Waals surface area contributed by atoms with Gasteiger partial charge in [-0.2, -0.15) is 0 Å². The molecule has 0 amide bonds.